The fraction of sp³-hybridized carbons (Fsp3) is 0.333. The summed E-state index contributed by atoms with van der Waals surface area (Å²) in [5.41, 5.74) is 8.25. The molecule has 2 heterocycles. The van der Waals surface area contributed by atoms with Crippen LogP contribution in [0.4, 0.5) is 5.82 Å². The summed E-state index contributed by atoms with van der Waals surface area (Å²) >= 11 is 5.98. The Kier molecular flexibility index (Phi) is 4.28. The minimum atomic E-state index is -3.87. The standard InChI is InChI=1S/C18H21ClN4O2S/c1-10-6-8-12(9-7-10)26(24,25)23-11(2)14(18(3,4)5)13-15(20)21-17(19)22-16(13)23/h6-9H,1-5H3,(H2,20,21,22). The van der Waals surface area contributed by atoms with Crippen LogP contribution in [0.2, 0.25) is 5.28 Å². The van der Waals surface area contributed by atoms with Gasteiger partial charge < -0.3 is 5.73 Å². The Morgan fingerprint density at radius 3 is 2.19 bits per heavy atom. The number of halogens is 1. The number of benzene rings is 1. The van der Waals surface area contributed by atoms with Crippen LogP contribution < -0.4 is 5.73 Å². The molecule has 0 fully saturated rings. The summed E-state index contributed by atoms with van der Waals surface area (Å²) in [5.74, 6) is 0.172. The predicted molar refractivity (Wildman–Crippen MR) is 104 cm³/mol. The molecule has 0 aliphatic rings. The zero-order chi connectivity index (χ0) is 19.4. The van der Waals surface area contributed by atoms with Gasteiger partial charge in [-0.25, -0.2) is 17.4 Å². The molecule has 0 radical (unpaired) electrons. The Labute approximate surface area is 158 Å². The number of nitrogens with two attached hydrogens (primary N) is 1. The summed E-state index contributed by atoms with van der Waals surface area (Å²) in [5, 5.41) is 0.434. The molecule has 0 amide bonds. The van der Waals surface area contributed by atoms with E-state index in [1.54, 1.807) is 31.2 Å². The van der Waals surface area contributed by atoms with Gasteiger partial charge in [0, 0.05) is 5.69 Å². The van der Waals surface area contributed by atoms with Crippen LogP contribution in [-0.4, -0.2) is 22.4 Å². The molecule has 2 aromatic heterocycles. The van der Waals surface area contributed by atoms with E-state index in [0.29, 0.717) is 11.1 Å². The van der Waals surface area contributed by atoms with Crippen LogP contribution in [0.1, 0.15) is 37.6 Å². The zero-order valence-corrected chi connectivity index (χ0v) is 16.9. The molecule has 3 aromatic rings. The second kappa shape index (κ2) is 5.96. The molecule has 138 valence electrons. The van der Waals surface area contributed by atoms with Gasteiger partial charge in [-0.2, -0.15) is 4.98 Å². The minimum absolute atomic E-state index is 0.0895. The fourth-order valence-corrected chi connectivity index (χ4v) is 4.97. The number of fused-ring (bicyclic) bond motifs is 1. The number of anilines is 1. The number of nitrogen functional groups attached to an aromatic ring is 1. The van der Waals surface area contributed by atoms with Gasteiger partial charge in [-0.1, -0.05) is 38.5 Å². The Morgan fingerprint density at radius 2 is 1.65 bits per heavy atom. The highest BCUT2D eigenvalue weighted by Gasteiger charge is 2.32. The van der Waals surface area contributed by atoms with Crippen molar-refractivity contribution in [3.8, 4) is 0 Å². The van der Waals surface area contributed by atoms with E-state index in [2.05, 4.69) is 9.97 Å². The number of aromatic nitrogens is 3. The van der Waals surface area contributed by atoms with Crippen LogP contribution in [-0.2, 0) is 15.4 Å². The highest BCUT2D eigenvalue weighted by Crippen LogP contribution is 2.39. The lowest BCUT2D eigenvalue weighted by molar-refractivity contribution is 0.579. The molecule has 1 aromatic carbocycles. The molecule has 6 nitrogen and oxygen atoms in total. The monoisotopic (exact) mass is 392 g/mol. The molecule has 2 N–H and O–H groups in total. The smallest absolute Gasteiger partial charge is 0.269 e. The highest BCUT2D eigenvalue weighted by molar-refractivity contribution is 7.90. The Balaban J connectivity index is 2.47. The molecule has 0 saturated carbocycles. The molecular formula is C18H21ClN4O2S. The summed E-state index contributed by atoms with van der Waals surface area (Å²) in [4.78, 5) is 8.40. The van der Waals surface area contributed by atoms with Gasteiger partial charge in [0.25, 0.3) is 10.0 Å². The summed E-state index contributed by atoms with van der Waals surface area (Å²) in [6.07, 6.45) is 0. The van der Waals surface area contributed by atoms with Gasteiger partial charge in [-0.15, -0.1) is 0 Å². The third-order valence-corrected chi connectivity index (χ3v) is 6.27. The second-order valence-corrected chi connectivity index (χ2v) is 9.49. The molecule has 26 heavy (non-hydrogen) atoms. The third-order valence-electron chi connectivity index (χ3n) is 4.31. The molecule has 3 rings (SSSR count). The van der Waals surface area contributed by atoms with E-state index >= 15 is 0 Å². The topological polar surface area (TPSA) is 90.9 Å². The van der Waals surface area contributed by atoms with E-state index in [1.807, 2.05) is 27.7 Å². The summed E-state index contributed by atoms with van der Waals surface area (Å²) in [6.45, 7) is 9.63. The molecule has 0 aliphatic heterocycles. The van der Waals surface area contributed by atoms with E-state index in [0.717, 1.165) is 11.1 Å². The van der Waals surface area contributed by atoms with E-state index in [4.69, 9.17) is 17.3 Å². The zero-order valence-electron chi connectivity index (χ0n) is 15.3. The normalized spacial score (nSPS) is 12.7. The van der Waals surface area contributed by atoms with Crippen molar-refractivity contribution in [1.29, 1.82) is 0 Å². The van der Waals surface area contributed by atoms with Crippen LogP contribution in [0.5, 0.6) is 0 Å². The first-order chi connectivity index (χ1) is 11.9. The van der Waals surface area contributed by atoms with Crippen LogP contribution in [0.15, 0.2) is 29.2 Å². The number of aryl methyl sites for hydroxylation is 1. The molecule has 8 heteroatoms. The third kappa shape index (κ3) is 2.85. The van der Waals surface area contributed by atoms with Gasteiger partial charge in [-0.3, -0.25) is 0 Å². The first kappa shape index (κ1) is 18.7. The van der Waals surface area contributed by atoms with E-state index in [9.17, 15) is 8.42 Å². The summed E-state index contributed by atoms with van der Waals surface area (Å²) < 4.78 is 27.9. The van der Waals surface area contributed by atoms with Gasteiger partial charge >= 0.3 is 0 Å². The van der Waals surface area contributed by atoms with Crippen molar-refractivity contribution in [2.45, 2.75) is 44.9 Å². The molecule has 0 bridgehead atoms. The highest BCUT2D eigenvalue weighted by atomic mass is 35.5. The van der Waals surface area contributed by atoms with Crippen LogP contribution in [0.25, 0.3) is 11.0 Å². The fourth-order valence-electron chi connectivity index (χ4n) is 3.29. The van der Waals surface area contributed by atoms with Gasteiger partial charge in [0.1, 0.15) is 5.82 Å². The van der Waals surface area contributed by atoms with Gasteiger partial charge in [-0.05, 0) is 48.6 Å². The average molecular weight is 393 g/mol. The van der Waals surface area contributed by atoms with Gasteiger partial charge in [0.05, 0.1) is 10.3 Å². The first-order valence-corrected chi connectivity index (χ1v) is 9.93. The Bertz CT molecular complexity index is 1110. The Morgan fingerprint density at radius 1 is 1.08 bits per heavy atom. The lowest BCUT2D eigenvalue weighted by Gasteiger charge is -2.20. The predicted octanol–water partition coefficient (Wildman–Crippen LogP) is 3.82. The Hall–Kier alpha value is -2.12. The van der Waals surface area contributed by atoms with Crippen molar-refractivity contribution in [3.63, 3.8) is 0 Å². The lowest BCUT2D eigenvalue weighted by Crippen LogP contribution is -2.17. The number of rotatable bonds is 2. The number of hydrogen-bond donors (Lipinski definition) is 1. The number of hydrogen-bond acceptors (Lipinski definition) is 5. The van der Waals surface area contributed by atoms with Crippen molar-refractivity contribution in [3.05, 3.63) is 46.4 Å². The largest absolute Gasteiger partial charge is 0.383 e. The van der Waals surface area contributed by atoms with Crippen molar-refractivity contribution >= 4 is 38.5 Å². The van der Waals surface area contributed by atoms with Crippen molar-refractivity contribution < 1.29 is 8.42 Å². The van der Waals surface area contributed by atoms with Crippen molar-refractivity contribution in [2.24, 2.45) is 0 Å². The van der Waals surface area contributed by atoms with Crippen molar-refractivity contribution in [1.82, 2.24) is 13.9 Å². The van der Waals surface area contributed by atoms with Crippen LogP contribution >= 0.6 is 11.6 Å². The number of nitrogens with zero attached hydrogens (tertiary/aromatic N) is 3. The van der Waals surface area contributed by atoms with Crippen molar-refractivity contribution in [2.75, 3.05) is 5.73 Å². The first-order valence-electron chi connectivity index (χ1n) is 8.11. The van der Waals surface area contributed by atoms with E-state index in [-0.39, 0.29) is 27.1 Å². The molecule has 0 atom stereocenters. The molecule has 0 aliphatic carbocycles. The maximum absolute atomic E-state index is 13.4. The summed E-state index contributed by atoms with van der Waals surface area (Å²) in [6, 6.07) is 6.68. The van der Waals surface area contributed by atoms with Gasteiger partial charge in [0.15, 0.2) is 5.65 Å². The molecule has 0 saturated heterocycles. The van der Waals surface area contributed by atoms with Crippen LogP contribution in [0, 0.1) is 13.8 Å². The minimum Gasteiger partial charge on any atom is -0.383 e. The maximum atomic E-state index is 13.4. The molecule has 0 spiro atoms. The average Bonchev–Trinajstić information content (AvgIpc) is 2.80. The van der Waals surface area contributed by atoms with Gasteiger partial charge in [0.2, 0.25) is 5.28 Å². The second-order valence-electron chi connectivity index (χ2n) is 7.37. The quantitative estimate of drug-likeness (QED) is 0.669. The van der Waals surface area contributed by atoms with E-state index < -0.39 is 10.0 Å². The maximum Gasteiger partial charge on any atom is 0.269 e. The SMILES string of the molecule is Cc1ccc(S(=O)(=O)n2c(C)c(C(C)(C)C)c3c(N)nc(Cl)nc32)cc1. The lowest BCUT2D eigenvalue weighted by atomic mass is 9.85. The van der Waals surface area contributed by atoms with E-state index in [1.165, 1.54) is 3.97 Å². The summed E-state index contributed by atoms with van der Waals surface area (Å²) in [7, 11) is -3.87. The van der Waals surface area contributed by atoms with Crippen LogP contribution in [0.3, 0.4) is 0 Å². The molecule has 0 unspecified atom stereocenters. The molecular weight excluding hydrogens is 372 g/mol.